The van der Waals surface area contributed by atoms with E-state index in [2.05, 4.69) is 26.0 Å². The smallest absolute Gasteiger partial charge is 0.213 e. The zero-order valence-electron chi connectivity index (χ0n) is 11.7. The summed E-state index contributed by atoms with van der Waals surface area (Å²) >= 11 is 3.19. The number of rotatable bonds is 2. The van der Waals surface area contributed by atoms with Gasteiger partial charge < -0.3 is 4.74 Å². The number of ether oxygens (including phenoxy) is 1. The standard InChI is InChI=1S/C15H14BrFN4O/c16-10-4-5-11-14(18-9-20(11)15(10)17)12-6-7-19-21(12)13-3-1-2-8-22-13/h4-7,9,13H,1-3,8H2. The predicted octanol–water partition coefficient (Wildman–Crippen LogP) is 3.80. The first kappa shape index (κ1) is 13.9. The van der Waals surface area contributed by atoms with Crippen molar-refractivity contribution in [3.8, 4) is 11.4 Å². The molecule has 1 unspecified atom stereocenters. The molecule has 0 bridgehead atoms. The van der Waals surface area contributed by atoms with Crippen molar-refractivity contribution < 1.29 is 9.13 Å². The monoisotopic (exact) mass is 364 g/mol. The van der Waals surface area contributed by atoms with E-state index in [0.29, 0.717) is 15.7 Å². The minimum Gasteiger partial charge on any atom is -0.356 e. The van der Waals surface area contributed by atoms with Crippen LogP contribution in [0, 0.1) is 5.95 Å². The van der Waals surface area contributed by atoms with E-state index in [1.165, 1.54) is 10.7 Å². The molecule has 0 saturated carbocycles. The Labute approximate surface area is 134 Å². The molecule has 0 aliphatic carbocycles. The molecule has 1 atom stereocenters. The van der Waals surface area contributed by atoms with Crippen LogP contribution in [-0.2, 0) is 4.74 Å². The Bertz CT molecular complexity index is 822. The summed E-state index contributed by atoms with van der Waals surface area (Å²) in [6.45, 7) is 0.746. The molecule has 114 valence electrons. The minimum absolute atomic E-state index is 0.0733. The molecule has 1 aliphatic heterocycles. The van der Waals surface area contributed by atoms with E-state index in [-0.39, 0.29) is 12.2 Å². The lowest BCUT2D eigenvalue weighted by molar-refractivity contribution is -0.0383. The molecule has 5 nitrogen and oxygen atoms in total. The van der Waals surface area contributed by atoms with Crippen LogP contribution < -0.4 is 0 Å². The summed E-state index contributed by atoms with van der Waals surface area (Å²) in [5, 5.41) is 4.38. The van der Waals surface area contributed by atoms with Crippen molar-refractivity contribution in [2.45, 2.75) is 25.5 Å². The van der Waals surface area contributed by atoms with Gasteiger partial charge in [-0.05, 0) is 53.4 Å². The molecule has 3 aromatic rings. The molecule has 4 rings (SSSR count). The molecular formula is C15H14BrFN4O. The lowest BCUT2D eigenvalue weighted by atomic mass is 10.2. The molecule has 1 fully saturated rings. The number of halogens is 2. The maximum atomic E-state index is 14.1. The van der Waals surface area contributed by atoms with Crippen LogP contribution in [0.5, 0.6) is 0 Å². The summed E-state index contributed by atoms with van der Waals surface area (Å²) in [7, 11) is 0. The van der Waals surface area contributed by atoms with E-state index in [9.17, 15) is 4.39 Å². The topological polar surface area (TPSA) is 44.3 Å². The van der Waals surface area contributed by atoms with Gasteiger partial charge in [-0.15, -0.1) is 0 Å². The highest BCUT2D eigenvalue weighted by atomic mass is 79.9. The van der Waals surface area contributed by atoms with Crippen molar-refractivity contribution in [2.75, 3.05) is 6.61 Å². The Balaban J connectivity index is 1.83. The SMILES string of the molecule is Fc1c(Br)ccc2c(-c3ccnn3C3CCCCO3)ncn12. The Morgan fingerprint density at radius 2 is 2.18 bits per heavy atom. The van der Waals surface area contributed by atoms with Crippen LogP contribution >= 0.6 is 15.9 Å². The molecule has 3 aromatic heterocycles. The lowest BCUT2D eigenvalue weighted by Gasteiger charge is -2.24. The Morgan fingerprint density at radius 3 is 3.00 bits per heavy atom. The molecule has 0 amide bonds. The zero-order chi connectivity index (χ0) is 15.1. The molecule has 0 radical (unpaired) electrons. The van der Waals surface area contributed by atoms with Gasteiger partial charge in [-0.2, -0.15) is 9.49 Å². The van der Waals surface area contributed by atoms with Crippen LogP contribution in [0.25, 0.3) is 16.9 Å². The van der Waals surface area contributed by atoms with Crippen molar-refractivity contribution in [2.24, 2.45) is 0 Å². The quantitative estimate of drug-likeness (QED) is 0.649. The second-order valence-electron chi connectivity index (χ2n) is 5.30. The molecule has 1 aliphatic rings. The summed E-state index contributed by atoms with van der Waals surface area (Å²) in [5.74, 6) is -0.365. The number of hydrogen-bond donors (Lipinski definition) is 0. The lowest BCUT2D eigenvalue weighted by Crippen LogP contribution is -2.19. The van der Waals surface area contributed by atoms with Gasteiger partial charge >= 0.3 is 0 Å². The van der Waals surface area contributed by atoms with E-state index in [0.717, 1.165) is 31.6 Å². The van der Waals surface area contributed by atoms with Crippen LogP contribution in [0.2, 0.25) is 0 Å². The van der Waals surface area contributed by atoms with Gasteiger partial charge in [-0.25, -0.2) is 9.67 Å². The molecule has 0 spiro atoms. The predicted molar refractivity (Wildman–Crippen MR) is 82.9 cm³/mol. The first-order chi connectivity index (χ1) is 10.8. The van der Waals surface area contributed by atoms with E-state index < -0.39 is 0 Å². The molecule has 22 heavy (non-hydrogen) atoms. The highest BCUT2D eigenvalue weighted by molar-refractivity contribution is 9.10. The Hall–Kier alpha value is -1.73. The van der Waals surface area contributed by atoms with Gasteiger partial charge in [0.25, 0.3) is 0 Å². The fourth-order valence-corrected chi connectivity index (χ4v) is 3.18. The molecule has 1 saturated heterocycles. The average Bonchev–Trinajstić information content (AvgIpc) is 3.18. The zero-order valence-corrected chi connectivity index (χ0v) is 13.3. The summed E-state index contributed by atoms with van der Waals surface area (Å²) in [6.07, 6.45) is 6.28. The summed E-state index contributed by atoms with van der Waals surface area (Å²) in [4.78, 5) is 4.38. The van der Waals surface area contributed by atoms with E-state index >= 15 is 0 Å². The van der Waals surface area contributed by atoms with Gasteiger partial charge in [0, 0.05) is 12.8 Å². The molecular weight excluding hydrogens is 351 g/mol. The third-order valence-electron chi connectivity index (χ3n) is 3.94. The van der Waals surface area contributed by atoms with Gasteiger partial charge in [0.15, 0.2) is 6.23 Å². The number of hydrogen-bond acceptors (Lipinski definition) is 3. The van der Waals surface area contributed by atoms with Gasteiger partial charge in [0.2, 0.25) is 5.95 Å². The first-order valence-corrected chi connectivity index (χ1v) is 8.01. The Kier molecular flexibility index (Phi) is 3.46. The van der Waals surface area contributed by atoms with Crippen LogP contribution in [-0.4, -0.2) is 25.8 Å². The molecule has 0 aromatic carbocycles. The normalized spacial score (nSPS) is 18.9. The van der Waals surface area contributed by atoms with E-state index in [4.69, 9.17) is 4.74 Å². The fourth-order valence-electron chi connectivity index (χ4n) is 2.85. The summed E-state index contributed by atoms with van der Waals surface area (Å²) < 4.78 is 23.6. The number of pyridine rings is 1. The average molecular weight is 365 g/mol. The highest BCUT2D eigenvalue weighted by Crippen LogP contribution is 2.30. The summed E-state index contributed by atoms with van der Waals surface area (Å²) in [5.41, 5.74) is 2.26. The largest absolute Gasteiger partial charge is 0.356 e. The highest BCUT2D eigenvalue weighted by Gasteiger charge is 2.22. The third kappa shape index (κ3) is 2.16. The fraction of sp³-hybridized carbons (Fsp3) is 0.333. The van der Waals surface area contributed by atoms with Gasteiger partial charge in [-0.3, -0.25) is 4.40 Å². The van der Waals surface area contributed by atoms with Crippen LogP contribution in [0.15, 0.2) is 35.2 Å². The maximum absolute atomic E-state index is 14.1. The van der Waals surface area contributed by atoms with Crippen LogP contribution in [0.3, 0.4) is 0 Å². The van der Waals surface area contributed by atoms with E-state index in [1.54, 1.807) is 12.3 Å². The summed E-state index contributed by atoms with van der Waals surface area (Å²) in [6, 6.07) is 5.42. The number of aromatic nitrogens is 4. The third-order valence-corrected chi connectivity index (χ3v) is 4.53. The van der Waals surface area contributed by atoms with Crippen molar-refractivity contribution in [1.29, 1.82) is 0 Å². The van der Waals surface area contributed by atoms with Crippen molar-refractivity contribution in [3.63, 3.8) is 0 Å². The molecule has 0 N–H and O–H groups in total. The van der Waals surface area contributed by atoms with Gasteiger partial charge in [-0.1, -0.05) is 0 Å². The maximum Gasteiger partial charge on any atom is 0.213 e. The molecule has 4 heterocycles. The number of imidazole rings is 1. The Morgan fingerprint density at radius 1 is 1.27 bits per heavy atom. The molecule has 7 heteroatoms. The van der Waals surface area contributed by atoms with Crippen LogP contribution in [0.1, 0.15) is 25.5 Å². The second-order valence-corrected chi connectivity index (χ2v) is 6.16. The first-order valence-electron chi connectivity index (χ1n) is 7.22. The second kappa shape index (κ2) is 5.48. The van der Waals surface area contributed by atoms with Gasteiger partial charge in [0.05, 0.1) is 15.7 Å². The van der Waals surface area contributed by atoms with Crippen LogP contribution in [0.4, 0.5) is 4.39 Å². The number of nitrogens with zero attached hydrogens (tertiary/aromatic N) is 4. The minimum atomic E-state index is -0.365. The van der Waals surface area contributed by atoms with E-state index in [1.807, 2.05) is 16.8 Å². The van der Waals surface area contributed by atoms with Crippen molar-refractivity contribution in [1.82, 2.24) is 19.2 Å². The van der Waals surface area contributed by atoms with Crippen molar-refractivity contribution in [3.05, 3.63) is 41.1 Å². The number of fused-ring (bicyclic) bond motifs is 1. The van der Waals surface area contributed by atoms with Crippen molar-refractivity contribution >= 4 is 21.4 Å². The van der Waals surface area contributed by atoms with Gasteiger partial charge in [0.1, 0.15) is 12.0 Å².